The van der Waals surface area contributed by atoms with E-state index in [1.807, 2.05) is 47.4 Å². The number of rotatable bonds is 6. The molecule has 3 aromatic rings. The molecule has 1 amide bonds. The molecule has 3 heterocycles. The van der Waals surface area contributed by atoms with Gasteiger partial charge >= 0.3 is 0 Å². The summed E-state index contributed by atoms with van der Waals surface area (Å²) in [5, 5.41) is 7.56. The van der Waals surface area contributed by atoms with Gasteiger partial charge in [-0.05, 0) is 29.8 Å². The molecule has 1 N–H and O–H groups in total. The second-order valence-corrected chi connectivity index (χ2v) is 7.86. The summed E-state index contributed by atoms with van der Waals surface area (Å²) in [5.74, 6) is 0.795. The number of nitrogens with zero attached hydrogens (tertiary/aromatic N) is 3. The fourth-order valence-electron chi connectivity index (χ4n) is 4.45. The average Bonchev–Trinajstić information content (AvgIpc) is 3.38. The number of carbonyl (C=O) groups excluding carboxylic acids is 1. The Morgan fingerprint density at radius 2 is 1.81 bits per heavy atom. The third-order valence-electron chi connectivity index (χ3n) is 6.10. The van der Waals surface area contributed by atoms with Crippen molar-refractivity contribution in [2.75, 3.05) is 46.5 Å². The third-order valence-corrected chi connectivity index (χ3v) is 6.10. The second-order valence-electron chi connectivity index (χ2n) is 7.86. The zero-order valence-corrected chi connectivity index (χ0v) is 17.6. The predicted octanol–water partition coefficient (Wildman–Crippen LogP) is 2.96. The summed E-state index contributed by atoms with van der Waals surface area (Å²) in [4.78, 5) is 17.7. The molecular formula is C24H26N4O3. The molecular weight excluding hydrogens is 392 g/mol. The Labute approximate surface area is 181 Å². The lowest BCUT2D eigenvalue weighted by Crippen LogP contribution is -2.42. The molecule has 2 aliphatic heterocycles. The van der Waals surface area contributed by atoms with Crippen molar-refractivity contribution in [1.29, 1.82) is 0 Å². The van der Waals surface area contributed by atoms with Crippen LogP contribution in [0.3, 0.4) is 0 Å². The number of aromatic amines is 1. The summed E-state index contributed by atoms with van der Waals surface area (Å²) in [6.07, 6.45) is 0. The number of methoxy groups -OCH3 is 1. The van der Waals surface area contributed by atoms with Gasteiger partial charge in [-0.15, -0.1) is 0 Å². The Morgan fingerprint density at radius 3 is 2.52 bits per heavy atom. The molecule has 1 unspecified atom stereocenters. The molecule has 0 saturated carbocycles. The Bertz CT molecular complexity index is 1040. The molecule has 0 aliphatic carbocycles. The maximum Gasteiger partial charge on any atom is 0.273 e. The van der Waals surface area contributed by atoms with Gasteiger partial charge in [0.15, 0.2) is 0 Å². The summed E-state index contributed by atoms with van der Waals surface area (Å²) in [6.45, 7) is 4.79. The minimum absolute atomic E-state index is 0.00405. The lowest BCUT2D eigenvalue weighted by molar-refractivity contribution is 0.0316. The SMILES string of the molecule is COc1ccc(-c2n[nH]c3c2C(c2ccccc2)N(CCN2CCOCC2)C3=O)cc1. The topological polar surface area (TPSA) is 70.7 Å². The van der Waals surface area contributed by atoms with E-state index in [4.69, 9.17) is 9.47 Å². The second kappa shape index (κ2) is 8.53. The fraction of sp³-hybridized carbons (Fsp3) is 0.333. The number of amides is 1. The van der Waals surface area contributed by atoms with Gasteiger partial charge in [0.05, 0.1) is 32.1 Å². The van der Waals surface area contributed by atoms with E-state index in [-0.39, 0.29) is 11.9 Å². The Kier molecular flexibility index (Phi) is 5.44. The van der Waals surface area contributed by atoms with Crippen LogP contribution in [0.1, 0.15) is 27.7 Å². The van der Waals surface area contributed by atoms with Crippen LogP contribution < -0.4 is 4.74 Å². The highest BCUT2D eigenvalue weighted by Gasteiger charge is 2.42. The van der Waals surface area contributed by atoms with E-state index < -0.39 is 0 Å². The molecule has 0 radical (unpaired) electrons. The van der Waals surface area contributed by atoms with Crippen molar-refractivity contribution >= 4 is 5.91 Å². The number of carbonyl (C=O) groups is 1. The first kappa shape index (κ1) is 19.8. The molecule has 0 bridgehead atoms. The first-order chi connectivity index (χ1) is 15.3. The van der Waals surface area contributed by atoms with Gasteiger partial charge in [0.1, 0.15) is 11.4 Å². The van der Waals surface area contributed by atoms with Gasteiger partial charge in [0, 0.05) is 37.3 Å². The van der Waals surface area contributed by atoms with Crippen LogP contribution in [-0.4, -0.2) is 72.4 Å². The maximum absolute atomic E-state index is 13.4. The molecule has 1 fully saturated rings. The largest absolute Gasteiger partial charge is 0.497 e. The van der Waals surface area contributed by atoms with E-state index in [1.54, 1.807) is 7.11 Å². The van der Waals surface area contributed by atoms with Gasteiger partial charge in [0.2, 0.25) is 0 Å². The first-order valence-corrected chi connectivity index (χ1v) is 10.6. The summed E-state index contributed by atoms with van der Waals surface area (Å²) < 4.78 is 10.7. The number of benzene rings is 2. The average molecular weight is 418 g/mol. The van der Waals surface area contributed by atoms with Crippen molar-refractivity contribution in [3.05, 3.63) is 71.4 Å². The number of aromatic nitrogens is 2. The number of fused-ring (bicyclic) bond motifs is 1. The van der Waals surface area contributed by atoms with Crippen molar-refractivity contribution < 1.29 is 14.3 Å². The molecule has 31 heavy (non-hydrogen) atoms. The zero-order chi connectivity index (χ0) is 21.2. The normalized spacial score (nSPS) is 18.9. The maximum atomic E-state index is 13.4. The van der Waals surface area contributed by atoms with Gasteiger partial charge in [0.25, 0.3) is 5.91 Å². The molecule has 160 valence electrons. The van der Waals surface area contributed by atoms with Crippen molar-refractivity contribution in [3.63, 3.8) is 0 Å². The molecule has 7 nitrogen and oxygen atoms in total. The summed E-state index contributed by atoms with van der Waals surface area (Å²) in [6, 6.07) is 17.8. The van der Waals surface area contributed by atoms with Crippen LogP contribution in [0.5, 0.6) is 5.75 Å². The highest BCUT2D eigenvalue weighted by Crippen LogP contribution is 2.42. The van der Waals surface area contributed by atoms with E-state index in [9.17, 15) is 4.79 Å². The van der Waals surface area contributed by atoms with E-state index >= 15 is 0 Å². The molecule has 2 aliphatic rings. The summed E-state index contributed by atoms with van der Waals surface area (Å²) >= 11 is 0. The Hall–Kier alpha value is -3.16. The van der Waals surface area contributed by atoms with E-state index in [2.05, 4.69) is 27.2 Å². The van der Waals surface area contributed by atoms with Crippen LogP contribution in [0.25, 0.3) is 11.3 Å². The highest BCUT2D eigenvalue weighted by atomic mass is 16.5. The van der Waals surface area contributed by atoms with Crippen LogP contribution >= 0.6 is 0 Å². The van der Waals surface area contributed by atoms with E-state index in [0.29, 0.717) is 12.2 Å². The number of hydrogen-bond acceptors (Lipinski definition) is 5. The van der Waals surface area contributed by atoms with E-state index in [1.165, 1.54) is 0 Å². The molecule has 5 rings (SSSR count). The monoisotopic (exact) mass is 418 g/mol. The number of H-pyrrole nitrogens is 1. The minimum Gasteiger partial charge on any atom is -0.497 e. The number of hydrogen-bond donors (Lipinski definition) is 1. The summed E-state index contributed by atoms with van der Waals surface area (Å²) in [5.41, 5.74) is 4.40. The molecule has 1 aromatic heterocycles. The standard InChI is InChI=1S/C24H26N4O3/c1-30-19-9-7-17(8-10-19)21-20-22(26-25-21)24(29)28(12-11-27-13-15-31-16-14-27)23(20)18-5-3-2-4-6-18/h2-10,23H,11-16H2,1H3,(H,25,26). The van der Waals surface area contributed by atoms with Crippen molar-refractivity contribution in [1.82, 2.24) is 20.0 Å². The number of morpholine rings is 1. The number of nitrogens with one attached hydrogen (secondary N) is 1. The van der Waals surface area contributed by atoms with Crippen molar-refractivity contribution in [3.8, 4) is 17.0 Å². The molecule has 1 atom stereocenters. The van der Waals surface area contributed by atoms with Gasteiger partial charge in [-0.3, -0.25) is 14.8 Å². The first-order valence-electron chi connectivity index (χ1n) is 10.6. The van der Waals surface area contributed by atoms with Gasteiger partial charge in [-0.1, -0.05) is 30.3 Å². The Balaban J connectivity index is 1.50. The Morgan fingerprint density at radius 1 is 1.06 bits per heavy atom. The van der Waals surface area contributed by atoms with Crippen molar-refractivity contribution in [2.24, 2.45) is 0 Å². The summed E-state index contributed by atoms with van der Waals surface area (Å²) in [7, 11) is 1.65. The lowest BCUT2D eigenvalue weighted by Gasteiger charge is -2.31. The molecule has 2 aromatic carbocycles. The van der Waals surface area contributed by atoms with Crippen LogP contribution in [0.15, 0.2) is 54.6 Å². The van der Waals surface area contributed by atoms with Crippen LogP contribution in [0.4, 0.5) is 0 Å². The number of ether oxygens (including phenoxy) is 2. The van der Waals surface area contributed by atoms with Gasteiger partial charge in [-0.2, -0.15) is 5.10 Å². The lowest BCUT2D eigenvalue weighted by atomic mass is 9.96. The fourth-order valence-corrected chi connectivity index (χ4v) is 4.45. The molecule has 1 saturated heterocycles. The van der Waals surface area contributed by atoms with E-state index in [0.717, 1.165) is 61.0 Å². The van der Waals surface area contributed by atoms with Crippen LogP contribution in [0, 0.1) is 0 Å². The van der Waals surface area contributed by atoms with Crippen molar-refractivity contribution in [2.45, 2.75) is 6.04 Å². The molecule has 7 heteroatoms. The molecule has 0 spiro atoms. The van der Waals surface area contributed by atoms with Gasteiger partial charge in [-0.25, -0.2) is 0 Å². The highest BCUT2D eigenvalue weighted by molar-refractivity contribution is 6.00. The quantitative estimate of drug-likeness (QED) is 0.667. The predicted molar refractivity (Wildman–Crippen MR) is 117 cm³/mol. The zero-order valence-electron chi connectivity index (χ0n) is 17.6. The van der Waals surface area contributed by atoms with Crippen LogP contribution in [0.2, 0.25) is 0 Å². The smallest absolute Gasteiger partial charge is 0.273 e. The third kappa shape index (κ3) is 3.71. The van der Waals surface area contributed by atoms with Gasteiger partial charge < -0.3 is 14.4 Å². The van der Waals surface area contributed by atoms with Crippen LogP contribution in [-0.2, 0) is 4.74 Å². The minimum atomic E-state index is -0.166.